The molecule has 1 aliphatic carbocycles. The molecule has 582 valence electrons. The number of fused-ring (bicyclic) bond motifs is 3. The number of nitrogens with zero attached hydrogens (tertiary/aromatic N) is 3. The molecule has 3 aliphatic rings. The van der Waals surface area contributed by atoms with Crippen LogP contribution in [-0.2, 0) is 54.4 Å². The summed E-state index contributed by atoms with van der Waals surface area (Å²) in [4.78, 5) is 171. The number of carbonyl (C=O) groups excluding carboxylic acids is 11. The van der Waals surface area contributed by atoms with Crippen molar-refractivity contribution in [1.82, 2.24) is 67.6 Å². The van der Waals surface area contributed by atoms with Gasteiger partial charge >= 0.3 is 5.97 Å². The third-order valence-corrected chi connectivity index (χ3v) is 20.0. The minimum absolute atomic E-state index is 0.0105. The number of likely N-dealkylation sites (tertiary alicyclic amines) is 1. The Morgan fingerprint density at radius 1 is 0.741 bits per heavy atom. The lowest BCUT2D eigenvalue weighted by Crippen LogP contribution is -2.62. The number of anilines is 1. The Morgan fingerprint density at radius 2 is 1.39 bits per heavy atom. The number of amides is 10. The van der Waals surface area contributed by atoms with Gasteiger partial charge in [-0.15, -0.1) is 0 Å². The van der Waals surface area contributed by atoms with Gasteiger partial charge in [-0.3, -0.25) is 58.1 Å². The molecule has 1 fully saturated rings. The smallest absolute Gasteiger partial charge is 0.305 e. The molecule has 108 heavy (non-hydrogen) atoms. The lowest BCUT2D eigenvalue weighted by Gasteiger charge is -2.30. The molecule has 1 aromatic heterocycles. The fourth-order valence-corrected chi connectivity index (χ4v) is 13.7. The minimum atomic E-state index is -1.86. The van der Waals surface area contributed by atoms with Crippen molar-refractivity contribution in [1.29, 1.82) is 5.41 Å². The molecule has 10 amide bonds. The first-order valence-corrected chi connectivity index (χ1v) is 36.5. The summed E-state index contributed by atoms with van der Waals surface area (Å²) in [6, 6.07) is 10.8. The van der Waals surface area contributed by atoms with Gasteiger partial charge in [0.1, 0.15) is 67.7 Å². The molecule has 4 aromatic rings. The van der Waals surface area contributed by atoms with Crippen LogP contribution in [0.4, 0.5) is 5.69 Å². The summed E-state index contributed by atoms with van der Waals surface area (Å²) < 4.78 is 8.34. The first kappa shape index (κ1) is 84.1. The zero-order valence-electron chi connectivity index (χ0n) is 62.3. The van der Waals surface area contributed by atoms with Crippen LogP contribution in [0.5, 0.6) is 0 Å². The second kappa shape index (κ2) is 38.4. The normalized spacial score (nSPS) is 15.6. The van der Waals surface area contributed by atoms with Crippen molar-refractivity contribution in [3.8, 4) is 22.5 Å². The second-order valence-corrected chi connectivity index (χ2v) is 28.9. The highest BCUT2D eigenvalue weighted by molar-refractivity contribution is 8.00. The number of aliphatic hydroxyl groups is 1. The van der Waals surface area contributed by atoms with Gasteiger partial charge in [-0.05, 0) is 93.1 Å². The van der Waals surface area contributed by atoms with Crippen LogP contribution in [-0.4, -0.2) is 224 Å². The van der Waals surface area contributed by atoms with Crippen LogP contribution in [0.15, 0.2) is 89.5 Å². The van der Waals surface area contributed by atoms with Gasteiger partial charge < -0.3 is 104 Å². The van der Waals surface area contributed by atoms with E-state index in [9.17, 15) is 72.9 Å². The number of guanidine groups is 1. The van der Waals surface area contributed by atoms with Gasteiger partial charge in [0.2, 0.25) is 58.5 Å². The third kappa shape index (κ3) is 22.2. The van der Waals surface area contributed by atoms with Gasteiger partial charge in [-0.1, -0.05) is 58.4 Å². The van der Waals surface area contributed by atoms with Gasteiger partial charge in [-0.2, -0.15) is 11.8 Å². The van der Waals surface area contributed by atoms with E-state index in [1.54, 1.807) is 65.2 Å². The number of rotatable bonds is 38. The maximum absolute atomic E-state index is 14.8. The number of nitrogens with two attached hydrogens (primary N) is 2. The van der Waals surface area contributed by atoms with E-state index in [0.29, 0.717) is 44.3 Å². The van der Waals surface area contributed by atoms with Gasteiger partial charge in [-0.25, -0.2) is 4.58 Å². The number of thioether (sulfide) groups is 1. The number of aliphatic carboxylic acids is 1. The number of carboxylic acid groups (broad SMARTS) is 2. The number of benzene rings is 4. The molecule has 0 bridgehead atoms. The Bertz CT molecular complexity index is 4380. The first-order chi connectivity index (χ1) is 51.1. The van der Waals surface area contributed by atoms with E-state index in [0.717, 1.165) is 11.0 Å². The zero-order valence-corrected chi connectivity index (χ0v) is 63.1. The number of hydrogen-bond acceptors (Lipinski definition) is 19. The molecule has 11 atom stereocenters. The van der Waals surface area contributed by atoms with E-state index in [4.69, 9.17) is 21.3 Å². The number of aromatic amines is 1. The molecule has 0 radical (unpaired) electrons. The molecule has 3 heterocycles. The predicted molar refractivity (Wildman–Crippen MR) is 404 cm³/mol. The monoisotopic (exact) mass is 1510 g/mol. The molecule has 3 aromatic carbocycles. The summed E-state index contributed by atoms with van der Waals surface area (Å²) >= 11 is 1.17. The van der Waals surface area contributed by atoms with E-state index in [1.165, 1.54) is 48.7 Å². The Labute approximate surface area is 628 Å². The standard InChI is InChI=1S/C74H99N17O16S/c1-12-38(4)62(87-72(104)63(40(6)92)88-70(102)61(78-7)37(2)3)71(103)85-54(33-59(94)95)68(100)82-39(5)65(97)84-53(29-42-34-81-51-17-14-13-16-46(42)51)69(101)83-52(18-15-25-80-74(76)77)67(99)86-55(64(75)96)36-108-45-32-58(93)91(35-45)27-26-79-66(98)41-19-22-47(73(105)106)50(28-41)60-48-23-20-43(89(8)9)30-56(48)107-57-31-44(90(10)11)21-24-49(57)60/h13-14,16-17,19-24,28,30-31,34,37-40,45,52-55,61-63,78,81,92H,12,15,18,25-27,29,32-33,35-36H2,1-11H3,(H15-,75,76,77,79,80,82,83,84,85,86,87,88,94,95,96,97,98,99,100,101,102,103,104,105,106)/t38-,39-,40+,45?,52-,53-,54-,55?,61-,62-,63-/m0/s1. The van der Waals surface area contributed by atoms with Crippen LogP contribution >= 0.6 is 11.8 Å². The molecule has 0 spiro atoms. The number of para-hydroxylation sites is 1. The average Bonchev–Trinajstić information content (AvgIpc) is 0.899. The van der Waals surface area contributed by atoms with Crippen LogP contribution in [0, 0.1) is 17.2 Å². The maximum atomic E-state index is 14.8. The minimum Gasteiger partial charge on any atom is -0.545 e. The van der Waals surface area contributed by atoms with E-state index >= 15 is 0 Å². The highest BCUT2D eigenvalue weighted by Gasteiger charge is 2.38. The summed E-state index contributed by atoms with van der Waals surface area (Å²) in [5.41, 5.74) is 15.2. The van der Waals surface area contributed by atoms with Crippen molar-refractivity contribution < 1.29 is 77.3 Å². The van der Waals surface area contributed by atoms with E-state index in [2.05, 4.69) is 58.2 Å². The number of aliphatic hydroxyl groups excluding tert-OH is 1. The number of H-pyrrole nitrogens is 1. The van der Waals surface area contributed by atoms with Crippen LogP contribution in [0.3, 0.4) is 0 Å². The molecule has 2 unspecified atom stereocenters. The number of nitrogens with one attached hydrogen (secondary N) is 12. The molecule has 34 heteroatoms. The topological polar surface area (TPSA) is 503 Å². The molecular weight excluding hydrogens is 1410 g/mol. The number of carboxylic acids is 2. The second-order valence-electron chi connectivity index (χ2n) is 27.6. The first-order valence-electron chi connectivity index (χ1n) is 35.4. The Morgan fingerprint density at radius 3 is 2.03 bits per heavy atom. The molecular formula is C74H99N17O16S. The Kier molecular flexibility index (Phi) is 29.9. The average molecular weight is 1510 g/mol. The Balaban J connectivity index is 1.02. The number of aromatic nitrogens is 1. The van der Waals surface area contributed by atoms with E-state index in [1.807, 2.05) is 74.1 Å². The molecule has 18 N–H and O–H groups in total. The van der Waals surface area contributed by atoms with Gasteiger partial charge in [0.25, 0.3) is 5.91 Å². The van der Waals surface area contributed by atoms with Crippen molar-refractivity contribution in [2.45, 2.75) is 140 Å². The molecule has 7 rings (SSSR count). The lowest BCUT2D eigenvalue weighted by molar-refractivity contribution is -0.255. The summed E-state index contributed by atoms with van der Waals surface area (Å²) in [6.45, 7) is 9.61. The van der Waals surface area contributed by atoms with Gasteiger partial charge in [0.05, 0.1) is 30.6 Å². The predicted octanol–water partition coefficient (Wildman–Crippen LogP) is -1.24. The quantitative estimate of drug-likeness (QED) is 0.00709. The van der Waals surface area contributed by atoms with Crippen molar-refractivity contribution >= 4 is 116 Å². The fourth-order valence-electron chi connectivity index (χ4n) is 12.4. The van der Waals surface area contributed by atoms with Gasteiger partial charge in [0.15, 0.2) is 5.96 Å². The van der Waals surface area contributed by atoms with Crippen LogP contribution < -0.4 is 84.6 Å². The number of aromatic carboxylic acids is 1. The van der Waals surface area contributed by atoms with Crippen molar-refractivity contribution in [2.24, 2.45) is 23.3 Å². The lowest BCUT2D eigenvalue weighted by atomic mass is 9.89. The van der Waals surface area contributed by atoms with E-state index < -0.39 is 137 Å². The number of likely N-dealkylation sites (N-methyl/N-ethyl adjacent to an activating group) is 1. The Hall–Kier alpha value is -11.1. The van der Waals surface area contributed by atoms with Crippen molar-refractivity contribution in [3.63, 3.8) is 0 Å². The summed E-state index contributed by atoms with van der Waals surface area (Å²) in [7, 11) is 9.06. The molecule has 2 aliphatic heterocycles. The van der Waals surface area contributed by atoms with Crippen LogP contribution in [0.2, 0.25) is 0 Å². The highest BCUT2D eigenvalue weighted by Crippen LogP contribution is 2.42. The van der Waals surface area contributed by atoms with Crippen molar-refractivity contribution in [2.75, 3.05) is 72.1 Å². The van der Waals surface area contributed by atoms with Gasteiger partial charge in [0, 0.05) is 127 Å². The highest BCUT2D eigenvalue weighted by atomic mass is 32.2. The molecule has 33 nitrogen and oxygen atoms in total. The number of carbonyl (C=O) groups is 12. The fraction of sp³-hybridized carbons (Fsp3) is 0.459. The van der Waals surface area contributed by atoms with Crippen molar-refractivity contribution in [3.05, 3.63) is 107 Å². The molecule has 0 saturated carbocycles. The largest absolute Gasteiger partial charge is 0.545 e. The van der Waals surface area contributed by atoms with Crippen LogP contribution in [0.25, 0.3) is 44.3 Å². The third-order valence-electron chi connectivity index (χ3n) is 18.7. The van der Waals surface area contributed by atoms with E-state index in [-0.39, 0.29) is 98.5 Å². The number of hydrogen-bond donors (Lipinski definition) is 16. The number of primary amides is 1. The summed E-state index contributed by atoms with van der Waals surface area (Å²) in [5, 5.41) is 68.7. The SMILES string of the molecule is CC[C@H](C)[C@H](NC(=O)[C@@H](NC(=O)[C@@H](NC)C(C)C)[C@@H](C)O)C(=O)N[C@@H](CC(=O)O)C(=O)N[C@@H](C)C(=O)N[C@@H](Cc1c[nH]c2ccccc12)C(=O)N[C@@H](CCCNC(=N)N)C(=O)NC(CSC1CC(=O)N(CCNC(=O)c2ccc(C(=O)[O-])c(-c3c4ccc(=[N+](C)C)cc-4oc4cc(N(C)C)ccc34)c2)C1)C(N)=O. The summed E-state index contributed by atoms with van der Waals surface area (Å²) in [6.07, 6.45) is -0.795. The maximum Gasteiger partial charge on any atom is 0.305 e. The molecule has 1 saturated heterocycles. The van der Waals surface area contributed by atoms with Crippen LogP contribution in [0.1, 0.15) is 99.9 Å². The zero-order chi connectivity index (χ0) is 79.5. The summed E-state index contributed by atoms with van der Waals surface area (Å²) in [5.74, 6) is -12.2.